The number of rotatable bonds is 2. The minimum Gasteiger partial charge on any atom is -0.333 e. The first-order valence-corrected chi connectivity index (χ1v) is 9.41. The molecule has 132 valence electrons. The summed E-state index contributed by atoms with van der Waals surface area (Å²) in [6.07, 6.45) is 2.46. The van der Waals surface area contributed by atoms with Gasteiger partial charge in [0.05, 0.1) is 5.52 Å². The molecule has 1 amide bonds. The summed E-state index contributed by atoms with van der Waals surface area (Å²) in [5.41, 5.74) is 1.98. The highest BCUT2D eigenvalue weighted by atomic mass is 32.1. The fourth-order valence-electron chi connectivity index (χ4n) is 3.55. The average molecular weight is 368 g/mol. The van der Waals surface area contributed by atoms with Crippen LogP contribution in [0.2, 0.25) is 0 Å². The molecule has 1 N–H and O–H groups in total. The molecule has 0 unspecified atom stereocenters. The van der Waals surface area contributed by atoms with E-state index in [2.05, 4.69) is 15.4 Å². The molecule has 5 rings (SSSR count). The highest BCUT2D eigenvalue weighted by molar-refractivity contribution is 7.09. The number of hydrogen-bond donors (Lipinski definition) is 1. The Hall–Kier alpha value is -2.74. The van der Waals surface area contributed by atoms with Crippen molar-refractivity contribution >= 4 is 28.5 Å². The predicted molar refractivity (Wildman–Crippen MR) is 97.7 cm³/mol. The molecule has 7 nitrogen and oxygen atoms in total. The maximum atomic E-state index is 13.0. The van der Waals surface area contributed by atoms with Gasteiger partial charge in [0.2, 0.25) is 0 Å². The molecule has 1 aliphatic carbocycles. The Labute approximate surface area is 152 Å². The van der Waals surface area contributed by atoms with Gasteiger partial charge in [-0.15, -0.1) is 0 Å². The van der Waals surface area contributed by atoms with E-state index in [-0.39, 0.29) is 23.0 Å². The van der Waals surface area contributed by atoms with Gasteiger partial charge in [-0.3, -0.25) is 14.2 Å². The Balaban J connectivity index is 1.54. The monoisotopic (exact) mass is 368 g/mol. The van der Waals surface area contributed by atoms with Crippen LogP contribution in [0.1, 0.15) is 39.7 Å². The first-order valence-electron chi connectivity index (χ1n) is 8.64. The summed E-state index contributed by atoms with van der Waals surface area (Å²) >= 11 is 0.985. The van der Waals surface area contributed by atoms with Gasteiger partial charge in [0.25, 0.3) is 11.5 Å². The molecule has 0 radical (unpaired) electrons. The quantitative estimate of drug-likeness (QED) is 0.745. The smallest absolute Gasteiger partial charge is 0.329 e. The SMILES string of the molecule is O=C(c1snc2c(=O)n(C3CC3)c(=O)[nH]c12)N1CCc2ccccc2C1. The second-order valence-corrected chi connectivity index (χ2v) is 7.59. The summed E-state index contributed by atoms with van der Waals surface area (Å²) in [6.45, 7) is 1.14. The summed E-state index contributed by atoms with van der Waals surface area (Å²) in [5, 5.41) is 0. The van der Waals surface area contributed by atoms with Crippen molar-refractivity contribution in [2.24, 2.45) is 0 Å². The molecule has 1 aliphatic heterocycles. The standard InChI is InChI=1S/C18H16N4O3S/c23-16-14-13(19-18(25)22(16)12-5-6-12)15(26-20-14)17(24)21-8-7-10-3-1-2-4-11(10)9-21/h1-4,12H,5-9H2,(H,19,25). The van der Waals surface area contributed by atoms with Crippen LogP contribution in [0, 0.1) is 0 Å². The minimum atomic E-state index is -0.455. The Kier molecular flexibility index (Phi) is 3.36. The largest absolute Gasteiger partial charge is 0.333 e. The van der Waals surface area contributed by atoms with Gasteiger partial charge in [-0.25, -0.2) is 4.79 Å². The van der Waals surface area contributed by atoms with E-state index >= 15 is 0 Å². The van der Waals surface area contributed by atoms with Gasteiger partial charge in [-0.1, -0.05) is 24.3 Å². The van der Waals surface area contributed by atoms with E-state index in [9.17, 15) is 14.4 Å². The highest BCUT2D eigenvalue weighted by Crippen LogP contribution is 2.32. The molecule has 0 atom stereocenters. The number of aromatic amines is 1. The molecule has 0 bridgehead atoms. The van der Waals surface area contributed by atoms with Crippen molar-refractivity contribution in [2.75, 3.05) is 6.54 Å². The average Bonchev–Trinajstić information content (AvgIpc) is 3.39. The van der Waals surface area contributed by atoms with Crippen LogP contribution in [0.4, 0.5) is 0 Å². The number of amides is 1. The molecule has 1 saturated carbocycles. The van der Waals surface area contributed by atoms with E-state index in [1.54, 1.807) is 4.90 Å². The number of aromatic nitrogens is 3. The van der Waals surface area contributed by atoms with Crippen molar-refractivity contribution in [3.05, 3.63) is 61.1 Å². The van der Waals surface area contributed by atoms with Gasteiger partial charge in [0, 0.05) is 19.1 Å². The number of hydrogen-bond acceptors (Lipinski definition) is 5. The molecule has 2 aliphatic rings. The zero-order valence-electron chi connectivity index (χ0n) is 13.9. The van der Waals surface area contributed by atoms with Gasteiger partial charge < -0.3 is 9.88 Å². The molecule has 1 aromatic carbocycles. The zero-order valence-corrected chi connectivity index (χ0v) is 14.7. The van der Waals surface area contributed by atoms with Crippen molar-refractivity contribution in [2.45, 2.75) is 31.8 Å². The summed E-state index contributed by atoms with van der Waals surface area (Å²) < 4.78 is 5.41. The first-order chi connectivity index (χ1) is 12.6. The number of fused-ring (bicyclic) bond motifs is 2. The van der Waals surface area contributed by atoms with Gasteiger partial charge in [-0.2, -0.15) is 4.37 Å². The van der Waals surface area contributed by atoms with Crippen LogP contribution < -0.4 is 11.2 Å². The fourth-order valence-corrected chi connectivity index (χ4v) is 4.35. The van der Waals surface area contributed by atoms with E-state index in [0.29, 0.717) is 18.0 Å². The predicted octanol–water partition coefficient (Wildman–Crippen LogP) is 1.68. The first kappa shape index (κ1) is 15.5. The summed E-state index contributed by atoms with van der Waals surface area (Å²) in [5.74, 6) is -0.189. The lowest BCUT2D eigenvalue weighted by atomic mass is 10.00. The van der Waals surface area contributed by atoms with Crippen LogP contribution in [0.5, 0.6) is 0 Å². The summed E-state index contributed by atoms with van der Waals surface area (Å²) in [7, 11) is 0. The Morgan fingerprint density at radius 2 is 1.96 bits per heavy atom. The molecular weight excluding hydrogens is 352 g/mol. The fraction of sp³-hybridized carbons (Fsp3) is 0.333. The minimum absolute atomic E-state index is 0.0323. The van der Waals surface area contributed by atoms with E-state index in [1.807, 2.05) is 18.2 Å². The van der Waals surface area contributed by atoms with Crippen LogP contribution in [-0.4, -0.2) is 31.3 Å². The normalized spacial score (nSPS) is 16.7. The molecule has 3 heterocycles. The van der Waals surface area contributed by atoms with Crippen LogP contribution in [0.25, 0.3) is 11.0 Å². The molecule has 0 saturated heterocycles. The van der Waals surface area contributed by atoms with Crippen LogP contribution in [0.3, 0.4) is 0 Å². The number of H-pyrrole nitrogens is 1. The number of nitrogens with zero attached hydrogens (tertiary/aromatic N) is 3. The summed E-state index contributed by atoms with van der Waals surface area (Å²) in [4.78, 5) is 42.7. The summed E-state index contributed by atoms with van der Waals surface area (Å²) in [6, 6.07) is 8.04. The van der Waals surface area contributed by atoms with Crippen LogP contribution in [0.15, 0.2) is 33.9 Å². The number of nitrogens with one attached hydrogen (secondary N) is 1. The Morgan fingerprint density at radius 1 is 1.19 bits per heavy atom. The maximum Gasteiger partial charge on any atom is 0.329 e. The lowest BCUT2D eigenvalue weighted by Crippen LogP contribution is -2.37. The van der Waals surface area contributed by atoms with Gasteiger partial charge in [0.1, 0.15) is 4.88 Å². The molecule has 2 aromatic heterocycles. The molecule has 3 aromatic rings. The molecule has 8 heteroatoms. The lowest BCUT2D eigenvalue weighted by Gasteiger charge is -2.28. The van der Waals surface area contributed by atoms with Gasteiger partial charge >= 0.3 is 5.69 Å². The van der Waals surface area contributed by atoms with E-state index in [0.717, 1.165) is 36.4 Å². The third kappa shape index (κ3) is 2.33. The molecule has 26 heavy (non-hydrogen) atoms. The number of benzene rings is 1. The lowest BCUT2D eigenvalue weighted by molar-refractivity contribution is 0.0741. The third-order valence-electron chi connectivity index (χ3n) is 5.09. The second-order valence-electron chi connectivity index (χ2n) is 6.82. The zero-order chi connectivity index (χ0) is 17.8. The van der Waals surface area contributed by atoms with Crippen molar-refractivity contribution in [1.82, 2.24) is 18.8 Å². The molecular formula is C18H16N4O3S. The van der Waals surface area contributed by atoms with E-state index in [4.69, 9.17) is 0 Å². The van der Waals surface area contributed by atoms with Gasteiger partial charge in [0.15, 0.2) is 5.52 Å². The van der Waals surface area contributed by atoms with Crippen molar-refractivity contribution in [3.63, 3.8) is 0 Å². The van der Waals surface area contributed by atoms with E-state index < -0.39 is 11.2 Å². The number of carbonyl (C=O) groups excluding carboxylic acids is 1. The topological polar surface area (TPSA) is 88.1 Å². The van der Waals surface area contributed by atoms with Crippen LogP contribution in [-0.2, 0) is 13.0 Å². The third-order valence-corrected chi connectivity index (χ3v) is 5.92. The van der Waals surface area contributed by atoms with Gasteiger partial charge in [-0.05, 0) is 41.9 Å². The Morgan fingerprint density at radius 3 is 2.73 bits per heavy atom. The van der Waals surface area contributed by atoms with Crippen LogP contribution >= 0.6 is 11.5 Å². The number of carbonyl (C=O) groups is 1. The highest BCUT2D eigenvalue weighted by Gasteiger charge is 2.30. The molecule has 1 fully saturated rings. The van der Waals surface area contributed by atoms with E-state index in [1.165, 1.54) is 10.1 Å². The van der Waals surface area contributed by atoms with Crippen molar-refractivity contribution in [3.8, 4) is 0 Å². The maximum absolute atomic E-state index is 13.0. The molecule has 0 spiro atoms. The Bertz CT molecular complexity index is 1160. The van der Waals surface area contributed by atoms with Crippen molar-refractivity contribution < 1.29 is 4.79 Å². The second kappa shape index (κ2) is 5.63. The van der Waals surface area contributed by atoms with Crippen molar-refractivity contribution in [1.29, 1.82) is 0 Å².